The number of nitrogens with one attached hydrogen (secondary N) is 1. The van der Waals surface area contributed by atoms with Crippen LogP contribution in [0, 0.1) is 24.0 Å². The zero-order valence-corrected chi connectivity index (χ0v) is 12.2. The minimum absolute atomic E-state index is 0.0709. The van der Waals surface area contributed by atoms with E-state index in [1.165, 1.54) is 0 Å². The number of aromatic amines is 1. The average Bonchev–Trinajstić information content (AvgIpc) is 2.48. The van der Waals surface area contributed by atoms with E-state index in [0.717, 1.165) is 11.1 Å². The number of nitrogens with zero attached hydrogens (tertiary/aromatic N) is 1. The Labute approximate surface area is 126 Å². The van der Waals surface area contributed by atoms with E-state index in [1.807, 2.05) is 26.0 Å². The van der Waals surface area contributed by atoms with Crippen LogP contribution < -0.4 is 5.56 Å². The lowest BCUT2D eigenvalue weighted by Gasteiger charge is -2.07. The maximum atomic E-state index is 12.3. The van der Waals surface area contributed by atoms with Gasteiger partial charge in [0.15, 0.2) is 0 Å². The molecule has 0 saturated carbocycles. The van der Waals surface area contributed by atoms with Crippen molar-refractivity contribution in [1.82, 2.24) is 4.98 Å². The fourth-order valence-electron chi connectivity index (χ4n) is 2.55. The summed E-state index contributed by atoms with van der Waals surface area (Å²) in [5, 5.41) is 12.2. The third-order valence-electron chi connectivity index (χ3n) is 3.67. The van der Waals surface area contributed by atoms with Gasteiger partial charge in [-0.3, -0.25) is 14.9 Å². The van der Waals surface area contributed by atoms with Gasteiger partial charge in [-0.15, -0.1) is 0 Å². The Morgan fingerprint density at radius 2 is 1.59 bits per heavy atom. The number of aromatic nitrogens is 1. The lowest BCUT2D eigenvalue weighted by molar-refractivity contribution is -0.382. The van der Waals surface area contributed by atoms with Crippen LogP contribution in [0.3, 0.4) is 0 Å². The maximum Gasteiger partial charge on any atom is 0.301 e. The van der Waals surface area contributed by atoms with Crippen LogP contribution in [0.25, 0.3) is 22.0 Å². The van der Waals surface area contributed by atoms with Crippen LogP contribution in [0.15, 0.2) is 47.3 Å². The van der Waals surface area contributed by atoms with Crippen LogP contribution in [0.1, 0.15) is 11.1 Å². The van der Waals surface area contributed by atoms with Crippen molar-refractivity contribution in [1.29, 1.82) is 0 Å². The molecule has 0 saturated heterocycles. The Kier molecular flexibility index (Phi) is 3.25. The summed E-state index contributed by atoms with van der Waals surface area (Å²) in [5.74, 6) is 0. The Morgan fingerprint density at radius 3 is 2.23 bits per heavy atom. The molecule has 5 heteroatoms. The van der Waals surface area contributed by atoms with Crippen LogP contribution in [0.2, 0.25) is 0 Å². The van der Waals surface area contributed by atoms with E-state index < -0.39 is 4.92 Å². The second kappa shape index (κ2) is 5.11. The van der Waals surface area contributed by atoms with Gasteiger partial charge in [-0.2, -0.15) is 0 Å². The Balaban J connectivity index is 2.42. The first-order chi connectivity index (χ1) is 10.5. The molecule has 0 radical (unpaired) electrons. The molecule has 0 aliphatic rings. The molecule has 22 heavy (non-hydrogen) atoms. The molecule has 0 unspecified atom stereocenters. The van der Waals surface area contributed by atoms with E-state index in [2.05, 4.69) is 4.98 Å². The number of fused-ring (bicyclic) bond motifs is 1. The minimum Gasteiger partial charge on any atom is -0.316 e. The highest BCUT2D eigenvalue weighted by Crippen LogP contribution is 2.33. The van der Waals surface area contributed by atoms with Gasteiger partial charge >= 0.3 is 5.69 Å². The molecule has 5 nitrogen and oxygen atoms in total. The molecule has 0 aliphatic carbocycles. The number of hydrogen-bond donors (Lipinski definition) is 1. The van der Waals surface area contributed by atoms with E-state index in [4.69, 9.17) is 0 Å². The number of aryl methyl sites for hydroxylation is 2. The Morgan fingerprint density at radius 1 is 0.955 bits per heavy atom. The molecular formula is C17H14N2O3. The lowest BCUT2D eigenvalue weighted by atomic mass is 10.0. The summed E-state index contributed by atoms with van der Waals surface area (Å²) < 4.78 is 0. The third kappa shape index (κ3) is 2.26. The van der Waals surface area contributed by atoms with Crippen molar-refractivity contribution < 1.29 is 4.92 Å². The molecule has 1 heterocycles. The van der Waals surface area contributed by atoms with Crippen LogP contribution in [0.5, 0.6) is 0 Å². The summed E-state index contributed by atoms with van der Waals surface area (Å²) in [4.78, 5) is 26.1. The topological polar surface area (TPSA) is 76.0 Å². The van der Waals surface area contributed by atoms with E-state index in [0.29, 0.717) is 16.3 Å². The molecular weight excluding hydrogens is 280 g/mol. The van der Waals surface area contributed by atoms with Gasteiger partial charge in [0.05, 0.1) is 15.7 Å². The molecule has 0 bridgehead atoms. The SMILES string of the molecule is Cc1ccc(-c2[nH]c(=O)c3cc(C)ccc3c2[N+](=O)[O-])cc1. The van der Waals surface area contributed by atoms with E-state index in [-0.39, 0.29) is 16.9 Å². The highest BCUT2D eigenvalue weighted by Gasteiger charge is 2.22. The van der Waals surface area contributed by atoms with Gasteiger partial charge in [0, 0.05) is 5.56 Å². The van der Waals surface area contributed by atoms with Crippen LogP contribution in [0.4, 0.5) is 5.69 Å². The van der Waals surface area contributed by atoms with Gasteiger partial charge in [0.1, 0.15) is 5.69 Å². The number of rotatable bonds is 2. The smallest absolute Gasteiger partial charge is 0.301 e. The lowest BCUT2D eigenvalue weighted by Crippen LogP contribution is -2.10. The molecule has 1 aromatic heterocycles. The summed E-state index contributed by atoms with van der Waals surface area (Å²) >= 11 is 0. The molecule has 0 aliphatic heterocycles. The summed E-state index contributed by atoms with van der Waals surface area (Å²) in [6.07, 6.45) is 0. The quantitative estimate of drug-likeness (QED) is 0.578. The van der Waals surface area contributed by atoms with Crippen molar-refractivity contribution >= 4 is 16.5 Å². The first-order valence-corrected chi connectivity index (χ1v) is 6.85. The number of benzene rings is 2. The molecule has 0 fully saturated rings. The monoisotopic (exact) mass is 294 g/mol. The van der Waals surface area contributed by atoms with Crippen molar-refractivity contribution in [2.75, 3.05) is 0 Å². The van der Waals surface area contributed by atoms with Crippen molar-refractivity contribution in [3.63, 3.8) is 0 Å². The number of nitro groups is 1. The molecule has 2 aromatic carbocycles. The van der Waals surface area contributed by atoms with Gasteiger partial charge in [-0.1, -0.05) is 41.5 Å². The number of pyridine rings is 1. The fraction of sp³-hybridized carbons (Fsp3) is 0.118. The molecule has 0 amide bonds. The van der Waals surface area contributed by atoms with Gasteiger partial charge in [0.25, 0.3) is 5.56 Å². The largest absolute Gasteiger partial charge is 0.316 e. The first-order valence-electron chi connectivity index (χ1n) is 6.85. The molecule has 3 rings (SSSR count). The second-order valence-electron chi connectivity index (χ2n) is 5.35. The predicted octanol–water partition coefficient (Wildman–Crippen LogP) is 3.72. The van der Waals surface area contributed by atoms with Crippen molar-refractivity contribution in [3.8, 4) is 11.3 Å². The van der Waals surface area contributed by atoms with Crippen molar-refractivity contribution in [3.05, 3.63) is 74.1 Å². The highest BCUT2D eigenvalue weighted by molar-refractivity contribution is 5.96. The maximum absolute atomic E-state index is 12.3. The van der Waals surface area contributed by atoms with E-state index >= 15 is 0 Å². The second-order valence-corrected chi connectivity index (χ2v) is 5.35. The van der Waals surface area contributed by atoms with Gasteiger partial charge in [-0.05, 0) is 26.0 Å². The Hall–Kier alpha value is -2.95. The van der Waals surface area contributed by atoms with E-state index in [1.54, 1.807) is 30.3 Å². The molecule has 1 N–H and O–H groups in total. The molecule has 0 atom stereocenters. The van der Waals surface area contributed by atoms with Crippen LogP contribution in [-0.2, 0) is 0 Å². The molecule has 3 aromatic rings. The zero-order chi connectivity index (χ0) is 15.9. The molecule has 0 spiro atoms. The van der Waals surface area contributed by atoms with Crippen LogP contribution in [-0.4, -0.2) is 9.91 Å². The fourth-order valence-corrected chi connectivity index (χ4v) is 2.55. The number of H-pyrrole nitrogens is 1. The van der Waals surface area contributed by atoms with Gasteiger partial charge in [0.2, 0.25) is 0 Å². The summed E-state index contributed by atoms with van der Waals surface area (Å²) in [6, 6.07) is 12.3. The normalized spacial score (nSPS) is 10.8. The standard InChI is InChI=1S/C17H14N2O3/c1-10-3-6-12(7-4-10)15-16(19(21)22)13-8-5-11(2)9-14(13)17(20)18-15/h3-9H,1-2H3,(H,18,20). The van der Waals surface area contributed by atoms with Crippen LogP contribution >= 0.6 is 0 Å². The molecule has 110 valence electrons. The summed E-state index contributed by atoms with van der Waals surface area (Å²) in [6.45, 7) is 3.78. The Bertz CT molecular complexity index is 941. The zero-order valence-electron chi connectivity index (χ0n) is 12.2. The van der Waals surface area contributed by atoms with Gasteiger partial charge < -0.3 is 4.98 Å². The highest BCUT2D eigenvalue weighted by atomic mass is 16.6. The minimum atomic E-state index is -0.442. The summed E-state index contributed by atoms with van der Waals surface area (Å²) in [7, 11) is 0. The summed E-state index contributed by atoms with van der Waals surface area (Å²) in [5.41, 5.74) is 2.40. The van der Waals surface area contributed by atoms with E-state index in [9.17, 15) is 14.9 Å². The van der Waals surface area contributed by atoms with Gasteiger partial charge in [-0.25, -0.2) is 0 Å². The van der Waals surface area contributed by atoms with Crippen molar-refractivity contribution in [2.24, 2.45) is 0 Å². The first kappa shape index (κ1) is 14.0. The third-order valence-corrected chi connectivity index (χ3v) is 3.67. The number of hydrogen-bond acceptors (Lipinski definition) is 3. The predicted molar refractivity (Wildman–Crippen MR) is 86.1 cm³/mol. The van der Waals surface area contributed by atoms with Crippen molar-refractivity contribution in [2.45, 2.75) is 13.8 Å². The average molecular weight is 294 g/mol.